The Morgan fingerprint density at radius 2 is 2.33 bits per heavy atom. The molecule has 12 heavy (non-hydrogen) atoms. The number of fused-ring (bicyclic) bond motifs is 1. The van der Waals surface area contributed by atoms with E-state index in [-0.39, 0.29) is 12.5 Å². The topological polar surface area (TPSA) is 46.3 Å². The Balaban J connectivity index is 2.74. The zero-order valence-corrected chi connectivity index (χ0v) is 6.88. The molecule has 0 spiro atoms. The van der Waals surface area contributed by atoms with E-state index in [9.17, 15) is 0 Å². The van der Waals surface area contributed by atoms with Crippen LogP contribution in [0.3, 0.4) is 0 Å². The van der Waals surface area contributed by atoms with Crippen molar-refractivity contribution >= 4 is 22.7 Å². The normalized spacial score (nSPS) is 10.8. The van der Waals surface area contributed by atoms with E-state index in [1.54, 1.807) is 18.2 Å². The highest BCUT2D eigenvalue weighted by Crippen LogP contribution is 2.23. The van der Waals surface area contributed by atoms with E-state index in [1.807, 2.05) is 0 Å². The Labute approximate surface area is 73.6 Å². The monoisotopic (exact) mass is 183 g/mol. The van der Waals surface area contributed by atoms with Crippen LogP contribution in [0.25, 0.3) is 11.1 Å². The average Bonchev–Trinajstić information content (AvgIpc) is 2.49. The van der Waals surface area contributed by atoms with Gasteiger partial charge >= 0.3 is 0 Å². The first-order valence-corrected chi connectivity index (χ1v) is 3.84. The second-order valence-electron chi connectivity index (χ2n) is 2.35. The van der Waals surface area contributed by atoms with Gasteiger partial charge in [-0.2, -0.15) is 0 Å². The van der Waals surface area contributed by atoms with Gasteiger partial charge in [-0.1, -0.05) is 17.7 Å². The van der Waals surface area contributed by atoms with Crippen LogP contribution >= 0.6 is 11.6 Å². The number of aliphatic hydroxyl groups excluding tert-OH is 1. The molecule has 0 bridgehead atoms. The van der Waals surface area contributed by atoms with E-state index in [0.29, 0.717) is 16.1 Å². The van der Waals surface area contributed by atoms with Crippen molar-refractivity contribution in [3.63, 3.8) is 0 Å². The zero-order chi connectivity index (χ0) is 8.55. The summed E-state index contributed by atoms with van der Waals surface area (Å²) in [5, 5.41) is 9.24. The zero-order valence-electron chi connectivity index (χ0n) is 6.12. The van der Waals surface area contributed by atoms with E-state index in [1.165, 1.54) is 0 Å². The van der Waals surface area contributed by atoms with Gasteiger partial charge in [-0.3, -0.25) is 0 Å². The second kappa shape index (κ2) is 2.77. The second-order valence-corrected chi connectivity index (χ2v) is 2.76. The average molecular weight is 184 g/mol. The minimum atomic E-state index is -0.203. The predicted molar refractivity (Wildman–Crippen MR) is 44.9 cm³/mol. The quantitative estimate of drug-likeness (QED) is 0.735. The SMILES string of the molecule is OCc1nc2cccc(Cl)c2o1. The Bertz CT molecular complexity index is 410. The van der Waals surface area contributed by atoms with Crippen LogP contribution in [-0.2, 0) is 6.61 Å². The third-order valence-corrected chi connectivity index (χ3v) is 1.84. The molecule has 0 aliphatic rings. The van der Waals surface area contributed by atoms with Gasteiger partial charge in [0.1, 0.15) is 12.1 Å². The summed E-state index contributed by atoms with van der Waals surface area (Å²) in [4.78, 5) is 3.99. The number of benzene rings is 1. The molecular formula is C8H6ClNO2. The van der Waals surface area contributed by atoms with Crippen LogP contribution in [0.2, 0.25) is 5.02 Å². The van der Waals surface area contributed by atoms with Crippen molar-refractivity contribution in [2.75, 3.05) is 0 Å². The lowest BCUT2D eigenvalue weighted by Gasteiger charge is -1.87. The minimum absolute atomic E-state index is 0.203. The molecule has 0 unspecified atom stereocenters. The smallest absolute Gasteiger partial charge is 0.221 e. The molecular weight excluding hydrogens is 178 g/mol. The van der Waals surface area contributed by atoms with Gasteiger partial charge in [0.15, 0.2) is 5.58 Å². The van der Waals surface area contributed by atoms with E-state index < -0.39 is 0 Å². The van der Waals surface area contributed by atoms with Crippen molar-refractivity contribution < 1.29 is 9.52 Å². The minimum Gasteiger partial charge on any atom is -0.437 e. The summed E-state index contributed by atoms with van der Waals surface area (Å²) in [5.41, 5.74) is 1.20. The van der Waals surface area contributed by atoms with Gasteiger partial charge in [0.25, 0.3) is 0 Å². The van der Waals surface area contributed by atoms with Crippen molar-refractivity contribution in [1.82, 2.24) is 4.98 Å². The Hall–Kier alpha value is -1.06. The molecule has 1 aromatic carbocycles. The molecule has 4 heteroatoms. The van der Waals surface area contributed by atoms with Crippen molar-refractivity contribution in [1.29, 1.82) is 0 Å². The third kappa shape index (κ3) is 1.07. The number of aromatic nitrogens is 1. The molecule has 3 nitrogen and oxygen atoms in total. The van der Waals surface area contributed by atoms with Crippen molar-refractivity contribution in [3.05, 3.63) is 29.1 Å². The van der Waals surface area contributed by atoms with Crippen LogP contribution in [0.4, 0.5) is 0 Å². The van der Waals surface area contributed by atoms with Crippen molar-refractivity contribution in [2.24, 2.45) is 0 Å². The molecule has 1 heterocycles. The Morgan fingerprint density at radius 1 is 1.50 bits per heavy atom. The van der Waals surface area contributed by atoms with Gasteiger partial charge in [0.05, 0.1) is 5.02 Å². The number of aliphatic hydroxyl groups is 1. The molecule has 0 saturated heterocycles. The molecule has 0 saturated carbocycles. The fourth-order valence-electron chi connectivity index (χ4n) is 1.03. The standard InChI is InChI=1S/C8H6ClNO2/c9-5-2-1-3-6-8(5)12-7(4-11)10-6/h1-3,11H,4H2. The van der Waals surface area contributed by atoms with Crippen LogP contribution in [-0.4, -0.2) is 10.1 Å². The van der Waals surface area contributed by atoms with Crippen LogP contribution < -0.4 is 0 Å². The van der Waals surface area contributed by atoms with E-state index in [4.69, 9.17) is 21.1 Å². The summed E-state index contributed by atoms with van der Waals surface area (Å²) < 4.78 is 5.15. The highest BCUT2D eigenvalue weighted by molar-refractivity contribution is 6.34. The summed E-state index contributed by atoms with van der Waals surface area (Å²) in [7, 11) is 0. The highest BCUT2D eigenvalue weighted by atomic mass is 35.5. The summed E-state index contributed by atoms with van der Waals surface area (Å²) in [5.74, 6) is 0.290. The number of hydrogen-bond donors (Lipinski definition) is 1. The number of rotatable bonds is 1. The molecule has 2 rings (SSSR count). The Kier molecular flexibility index (Phi) is 1.75. The maximum atomic E-state index is 8.73. The number of para-hydroxylation sites is 1. The first-order valence-electron chi connectivity index (χ1n) is 3.46. The number of nitrogens with zero attached hydrogens (tertiary/aromatic N) is 1. The molecule has 62 valence electrons. The van der Waals surface area contributed by atoms with Gasteiger partial charge < -0.3 is 9.52 Å². The summed E-state index contributed by atoms with van der Waals surface area (Å²) >= 11 is 5.81. The Morgan fingerprint density at radius 3 is 3.00 bits per heavy atom. The largest absolute Gasteiger partial charge is 0.437 e. The van der Waals surface area contributed by atoms with Crippen molar-refractivity contribution in [3.8, 4) is 0 Å². The highest BCUT2D eigenvalue weighted by Gasteiger charge is 2.06. The number of halogens is 1. The van der Waals surface area contributed by atoms with Crippen LogP contribution in [0, 0.1) is 0 Å². The molecule has 0 aliphatic heterocycles. The maximum Gasteiger partial charge on any atom is 0.221 e. The summed E-state index contributed by atoms with van der Waals surface area (Å²) in [6.07, 6.45) is 0. The molecule has 0 aliphatic carbocycles. The molecule has 1 N–H and O–H groups in total. The van der Waals surface area contributed by atoms with E-state index in [0.717, 1.165) is 0 Å². The summed E-state index contributed by atoms with van der Waals surface area (Å²) in [6, 6.07) is 5.29. The van der Waals surface area contributed by atoms with Crippen LogP contribution in [0.1, 0.15) is 5.89 Å². The molecule has 1 aromatic heterocycles. The van der Waals surface area contributed by atoms with Gasteiger partial charge in [-0.15, -0.1) is 0 Å². The van der Waals surface area contributed by atoms with Gasteiger partial charge in [0, 0.05) is 0 Å². The van der Waals surface area contributed by atoms with Gasteiger partial charge in [-0.05, 0) is 12.1 Å². The van der Waals surface area contributed by atoms with Gasteiger partial charge in [0.2, 0.25) is 5.89 Å². The lowest BCUT2D eigenvalue weighted by atomic mass is 10.3. The fourth-order valence-corrected chi connectivity index (χ4v) is 1.24. The predicted octanol–water partition coefficient (Wildman–Crippen LogP) is 1.97. The summed E-state index contributed by atoms with van der Waals surface area (Å²) in [6.45, 7) is -0.203. The molecule has 0 atom stereocenters. The van der Waals surface area contributed by atoms with Crippen LogP contribution in [0.15, 0.2) is 22.6 Å². The first kappa shape index (κ1) is 7.58. The molecule has 0 amide bonds. The molecule has 0 fully saturated rings. The first-order chi connectivity index (χ1) is 5.81. The fraction of sp³-hybridized carbons (Fsp3) is 0.125. The number of hydrogen-bond acceptors (Lipinski definition) is 3. The van der Waals surface area contributed by atoms with Crippen molar-refractivity contribution in [2.45, 2.75) is 6.61 Å². The molecule has 0 radical (unpaired) electrons. The molecule has 2 aromatic rings. The maximum absolute atomic E-state index is 8.73. The lowest BCUT2D eigenvalue weighted by Crippen LogP contribution is -1.78. The lowest BCUT2D eigenvalue weighted by molar-refractivity contribution is 0.244. The van der Waals surface area contributed by atoms with E-state index >= 15 is 0 Å². The number of oxazole rings is 1. The third-order valence-electron chi connectivity index (χ3n) is 1.55. The van der Waals surface area contributed by atoms with Gasteiger partial charge in [-0.25, -0.2) is 4.98 Å². The van der Waals surface area contributed by atoms with Crippen LogP contribution in [0.5, 0.6) is 0 Å². The van der Waals surface area contributed by atoms with E-state index in [2.05, 4.69) is 4.98 Å².